The van der Waals surface area contributed by atoms with Crippen LogP contribution in [0.2, 0.25) is 5.02 Å². The highest BCUT2D eigenvalue weighted by molar-refractivity contribution is 8.00. The van der Waals surface area contributed by atoms with Crippen molar-refractivity contribution in [2.45, 2.75) is 24.3 Å². The smallest absolute Gasteiger partial charge is 0.238 e. The van der Waals surface area contributed by atoms with Gasteiger partial charge >= 0.3 is 0 Å². The van der Waals surface area contributed by atoms with Gasteiger partial charge in [-0.25, -0.2) is 0 Å². The molecular formula is C14H20ClN3OS. The molecule has 0 aliphatic carbocycles. The van der Waals surface area contributed by atoms with Gasteiger partial charge in [0, 0.05) is 29.3 Å². The van der Waals surface area contributed by atoms with Crippen molar-refractivity contribution >= 4 is 40.6 Å². The predicted octanol–water partition coefficient (Wildman–Crippen LogP) is 2.69. The van der Waals surface area contributed by atoms with Gasteiger partial charge in [0.15, 0.2) is 0 Å². The molecule has 3 N–H and O–H groups in total. The van der Waals surface area contributed by atoms with Crippen LogP contribution in [0, 0.1) is 0 Å². The first-order valence-electron chi connectivity index (χ1n) is 6.66. The zero-order chi connectivity index (χ0) is 14.7. The lowest BCUT2D eigenvalue weighted by atomic mass is 10.2. The zero-order valence-electron chi connectivity index (χ0n) is 11.7. The molecular weight excluding hydrogens is 294 g/mol. The fourth-order valence-electron chi connectivity index (χ4n) is 2.44. The monoisotopic (exact) mass is 313 g/mol. The summed E-state index contributed by atoms with van der Waals surface area (Å²) in [6.07, 6.45) is 0. The molecule has 4 nitrogen and oxygen atoms in total. The normalized spacial score (nSPS) is 23.6. The zero-order valence-corrected chi connectivity index (χ0v) is 13.3. The number of rotatable bonds is 3. The fourth-order valence-corrected chi connectivity index (χ4v) is 4.06. The number of nitrogens with zero attached hydrogens (tertiary/aromatic N) is 1. The lowest BCUT2D eigenvalue weighted by Gasteiger charge is -2.34. The summed E-state index contributed by atoms with van der Waals surface area (Å²) in [7, 11) is 0. The Morgan fingerprint density at radius 3 is 2.70 bits per heavy atom. The summed E-state index contributed by atoms with van der Waals surface area (Å²) in [6, 6.07) is 5.09. The Balaban J connectivity index is 1.92. The number of amides is 1. The standard InChI is InChI=1S/C14H20ClN3OS/c1-9-6-18(7-10(2)20-9)8-14(19)17-13-4-3-11(16)5-12(13)15/h3-5,9-10H,6-8,16H2,1-2H3,(H,17,19). The van der Waals surface area contributed by atoms with Crippen LogP contribution in [0.4, 0.5) is 11.4 Å². The van der Waals surface area contributed by atoms with Gasteiger partial charge in [0.1, 0.15) is 0 Å². The van der Waals surface area contributed by atoms with Crippen LogP contribution in [0.3, 0.4) is 0 Å². The second-order valence-corrected chi connectivity index (χ2v) is 7.53. The van der Waals surface area contributed by atoms with E-state index in [1.165, 1.54) is 0 Å². The third-order valence-electron chi connectivity index (χ3n) is 3.13. The molecule has 2 rings (SSSR count). The summed E-state index contributed by atoms with van der Waals surface area (Å²) in [5.41, 5.74) is 6.83. The first kappa shape index (κ1) is 15.5. The molecule has 110 valence electrons. The third-order valence-corrected chi connectivity index (χ3v) is 4.67. The van der Waals surface area contributed by atoms with Crippen LogP contribution in [0.15, 0.2) is 18.2 Å². The van der Waals surface area contributed by atoms with Crippen molar-refractivity contribution in [3.8, 4) is 0 Å². The Morgan fingerprint density at radius 1 is 1.45 bits per heavy atom. The summed E-state index contributed by atoms with van der Waals surface area (Å²) in [6.45, 7) is 6.68. The molecule has 2 atom stereocenters. The van der Waals surface area contributed by atoms with Gasteiger partial charge in [-0.05, 0) is 18.2 Å². The van der Waals surface area contributed by atoms with Crippen molar-refractivity contribution < 1.29 is 4.79 Å². The van der Waals surface area contributed by atoms with Crippen molar-refractivity contribution in [1.82, 2.24) is 4.90 Å². The molecule has 1 aliphatic heterocycles. The molecule has 0 radical (unpaired) electrons. The van der Waals surface area contributed by atoms with Gasteiger partial charge < -0.3 is 11.1 Å². The van der Waals surface area contributed by atoms with Crippen LogP contribution in [-0.2, 0) is 4.79 Å². The van der Waals surface area contributed by atoms with Gasteiger partial charge in [0.05, 0.1) is 17.3 Å². The molecule has 1 saturated heterocycles. The van der Waals surface area contributed by atoms with Crippen LogP contribution in [0.1, 0.15) is 13.8 Å². The summed E-state index contributed by atoms with van der Waals surface area (Å²) < 4.78 is 0. The minimum absolute atomic E-state index is 0.0389. The van der Waals surface area contributed by atoms with Crippen LogP contribution < -0.4 is 11.1 Å². The van der Waals surface area contributed by atoms with E-state index in [9.17, 15) is 4.79 Å². The van der Waals surface area contributed by atoms with Gasteiger partial charge in [-0.15, -0.1) is 0 Å². The topological polar surface area (TPSA) is 58.4 Å². The van der Waals surface area contributed by atoms with E-state index in [0.29, 0.717) is 33.4 Å². The summed E-state index contributed by atoms with van der Waals surface area (Å²) in [5, 5.41) is 4.43. The molecule has 1 heterocycles. The molecule has 1 aromatic rings. The van der Waals surface area contributed by atoms with Gasteiger partial charge in [0.2, 0.25) is 5.91 Å². The van der Waals surface area contributed by atoms with Crippen LogP contribution in [0.25, 0.3) is 0 Å². The molecule has 6 heteroatoms. The Hall–Kier alpha value is -0.910. The van der Waals surface area contributed by atoms with E-state index in [1.807, 2.05) is 11.8 Å². The number of anilines is 2. The Bertz CT molecular complexity index is 487. The van der Waals surface area contributed by atoms with Crippen molar-refractivity contribution in [3.05, 3.63) is 23.2 Å². The molecule has 0 saturated carbocycles. The maximum atomic E-state index is 12.1. The van der Waals surface area contributed by atoms with Crippen LogP contribution >= 0.6 is 23.4 Å². The molecule has 1 aromatic carbocycles. The molecule has 1 fully saturated rings. The highest BCUT2D eigenvalue weighted by Crippen LogP contribution is 2.26. The SMILES string of the molecule is CC1CN(CC(=O)Nc2ccc(N)cc2Cl)CC(C)S1. The first-order chi connectivity index (χ1) is 9.44. The van der Waals surface area contributed by atoms with Gasteiger partial charge in [-0.1, -0.05) is 25.4 Å². The summed E-state index contributed by atoms with van der Waals surface area (Å²) in [5.74, 6) is -0.0389. The van der Waals surface area contributed by atoms with Gasteiger partial charge in [-0.3, -0.25) is 9.69 Å². The third kappa shape index (κ3) is 4.30. The van der Waals surface area contributed by atoms with Crippen molar-refractivity contribution in [3.63, 3.8) is 0 Å². The maximum Gasteiger partial charge on any atom is 0.238 e. The Kier molecular flexibility index (Phi) is 5.18. The fraction of sp³-hybridized carbons (Fsp3) is 0.500. The van der Waals surface area contributed by atoms with E-state index in [-0.39, 0.29) is 5.91 Å². The van der Waals surface area contributed by atoms with Gasteiger partial charge in [0.25, 0.3) is 0 Å². The minimum atomic E-state index is -0.0389. The highest BCUT2D eigenvalue weighted by Gasteiger charge is 2.23. The molecule has 2 unspecified atom stereocenters. The van der Waals surface area contributed by atoms with E-state index < -0.39 is 0 Å². The average molecular weight is 314 g/mol. The molecule has 20 heavy (non-hydrogen) atoms. The summed E-state index contributed by atoms with van der Waals surface area (Å²) >= 11 is 8.02. The number of nitrogens with one attached hydrogen (secondary N) is 1. The van der Waals surface area contributed by atoms with Crippen molar-refractivity contribution in [2.75, 3.05) is 30.7 Å². The predicted molar refractivity (Wildman–Crippen MR) is 87.4 cm³/mol. The number of halogens is 1. The molecule has 0 bridgehead atoms. The molecule has 1 amide bonds. The lowest BCUT2D eigenvalue weighted by Crippen LogP contribution is -2.44. The lowest BCUT2D eigenvalue weighted by molar-refractivity contribution is -0.117. The first-order valence-corrected chi connectivity index (χ1v) is 7.99. The maximum absolute atomic E-state index is 12.1. The number of hydrogen-bond acceptors (Lipinski definition) is 4. The van der Waals surface area contributed by atoms with Crippen molar-refractivity contribution in [1.29, 1.82) is 0 Å². The number of nitrogen functional groups attached to an aromatic ring is 1. The number of nitrogens with two attached hydrogens (primary N) is 1. The van der Waals surface area contributed by atoms with Crippen molar-refractivity contribution in [2.24, 2.45) is 0 Å². The Morgan fingerprint density at radius 2 is 2.10 bits per heavy atom. The number of thioether (sulfide) groups is 1. The molecule has 0 spiro atoms. The van der Waals surface area contributed by atoms with Gasteiger partial charge in [-0.2, -0.15) is 11.8 Å². The molecule has 0 aromatic heterocycles. The van der Waals surface area contributed by atoms with E-state index in [2.05, 4.69) is 24.1 Å². The summed E-state index contributed by atoms with van der Waals surface area (Å²) in [4.78, 5) is 14.3. The quantitative estimate of drug-likeness (QED) is 0.842. The van der Waals surface area contributed by atoms with Crippen LogP contribution in [-0.4, -0.2) is 40.9 Å². The highest BCUT2D eigenvalue weighted by atomic mass is 35.5. The number of benzene rings is 1. The second-order valence-electron chi connectivity index (χ2n) is 5.24. The number of carbonyl (C=O) groups is 1. The second kappa shape index (κ2) is 6.70. The average Bonchev–Trinajstić information content (AvgIpc) is 2.31. The van der Waals surface area contributed by atoms with E-state index in [1.54, 1.807) is 18.2 Å². The Labute approximate surface area is 129 Å². The van der Waals surface area contributed by atoms with E-state index >= 15 is 0 Å². The van der Waals surface area contributed by atoms with Crippen LogP contribution in [0.5, 0.6) is 0 Å². The minimum Gasteiger partial charge on any atom is -0.399 e. The molecule has 1 aliphatic rings. The largest absolute Gasteiger partial charge is 0.399 e. The van der Waals surface area contributed by atoms with E-state index in [0.717, 1.165) is 13.1 Å². The van der Waals surface area contributed by atoms with E-state index in [4.69, 9.17) is 17.3 Å². The number of hydrogen-bond donors (Lipinski definition) is 2. The number of carbonyl (C=O) groups excluding carboxylic acids is 1.